The quantitative estimate of drug-likeness (QED) is 0.298. The third-order valence-electron chi connectivity index (χ3n) is 7.66. The molecule has 0 radical (unpaired) electrons. The standard InChI is InChI=1S/C32H33FN4O2/c1-39-28-14-10-23(11-15-28)18-32(38)36(26-12-13-26)22-30-29-21-35(20-24-6-3-2-4-7-24)17-16-31(29)37(34-30)27-9-5-8-25(33)19-27/h2-11,14-15,19,26H,12-13,16-18,20-22H2,1H3. The number of aromatic nitrogens is 2. The molecule has 1 amide bonds. The van der Waals surface area contributed by atoms with Crippen LogP contribution in [0.5, 0.6) is 5.75 Å². The molecule has 4 aromatic rings. The summed E-state index contributed by atoms with van der Waals surface area (Å²) in [5.74, 6) is 0.600. The van der Waals surface area contributed by atoms with Crippen LogP contribution in [0.25, 0.3) is 5.69 Å². The molecule has 2 heterocycles. The van der Waals surface area contributed by atoms with Crippen molar-refractivity contribution in [3.8, 4) is 11.4 Å². The van der Waals surface area contributed by atoms with Gasteiger partial charge in [0.1, 0.15) is 11.6 Å². The number of hydrogen-bond acceptors (Lipinski definition) is 4. The van der Waals surface area contributed by atoms with E-state index >= 15 is 0 Å². The number of halogens is 1. The predicted octanol–water partition coefficient (Wildman–Crippen LogP) is 5.31. The van der Waals surface area contributed by atoms with E-state index in [1.165, 1.54) is 17.7 Å². The van der Waals surface area contributed by atoms with Crippen molar-refractivity contribution in [1.82, 2.24) is 19.6 Å². The van der Waals surface area contributed by atoms with Gasteiger partial charge in [-0.2, -0.15) is 5.10 Å². The number of rotatable bonds is 9. The summed E-state index contributed by atoms with van der Waals surface area (Å²) in [6.45, 7) is 2.96. The molecule has 0 unspecified atom stereocenters. The summed E-state index contributed by atoms with van der Waals surface area (Å²) in [5, 5.41) is 5.02. The lowest BCUT2D eigenvalue weighted by Gasteiger charge is -2.28. The highest BCUT2D eigenvalue weighted by molar-refractivity contribution is 5.79. The summed E-state index contributed by atoms with van der Waals surface area (Å²) in [6, 6.07) is 25.0. The Balaban J connectivity index is 1.29. The fourth-order valence-electron chi connectivity index (χ4n) is 5.45. The summed E-state index contributed by atoms with van der Waals surface area (Å²) in [5.41, 5.74) is 6.13. The van der Waals surface area contributed by atoms with Gasteiger partial charge in [0, 0.05) is 37.7 Å². The molecule has 1 aliphatic carbocycles. The molecule has 6 rings (SSSR count). The topological polar surface area (TPSA) is 50.6 Å². The molecule has 6 nitrogen and oxygen atoms in total. The normalized spacial score (nSPS) is 15.1. The van der Waals surface area contributed by atoms with E-state index in [1.807, 2.05) is 46.0 Å². The van der Waals surface area contributed by atoms with Crippen LogP contribution in [0.3, 0.4) is 0 Å². The first kappa shape index (κ1) is 25.3. The van der Waals surface area contributed by atoms with E-state index in [0.717, 1.165) is 72.8 Å². The highest BCUT2D eigenvalue weighted by Crippen LogP contribution is 2.32. The van der Waals surface area contributed by atoms with Gasteiger partial charge >= 0.3 is 0 Å². The maximum atomic E-state index is 14.2. The number of ether oxygens (including phenoxy) is 1. The van der Waals surface area contributed by atoms with Crippen LogP contribution in [0, 0.1) is 5.82 Å². The Morgan fingerprint density at radius 3 is 2.54 bits per heavy atom. The molecule has 39 heavy (non-hydrogen) atoms. The van der Waals surface area contributed by atoms with Crippen molar-refractivity contribution >= 4 is 5.91 Å². The SMILES string of the molecule is COc1ccc(CC(=O)N(Cc2nn(-c3cccc(F)c3)c3c2CN(Cc2ccccc2)CC3)C2CC2)cc1. The van der Waals surface area contributed by atoms with Crippen LogP contribution in [0.1, 0.15) is 40.9 Å². The van der Waals surface area contributed by atoms with Crippen LogP contribution in [0.15, 0.2) is 78.9 Å². The van der Waals surface area contributed by atoms with Gasteiger partial charge in [-0.3, -0.25) is 9.69 Å². The molecule has 0 bridgehead atoms. The molecule has 1 saturated carbocycles. The molecule has 0 saturated heterocycles. The van der Waals surface area contributed by atoms with E-state index in [1.54, 1.807) is 13.2 Å². The van der Waals surface area contributed by atoms with E-state index in [0.29, 0.717) is 13.0 Å². The summed E-state index contributed by atoms with van der Waals surface area (Å²) >= 11 is 0. The third-order valence-corrected chi connectivity index (χ3v) is 7.66. The van der Waals surface area contributed by atoms with Crippen molar-refractivity contribution in [3.05, 3.63) is 113 Å². The zero-order valence-corrected chi connectivity index (χ0v) is 22.2. The van der Waals surface area contributed by atoms with Gasteiger partial charge in [-0.1, -0.05) is 48.5 Å². The molecular formula is C32H33FN4O2. The Labute approximate surface area is 228 Å². The van der Waals surface area contributed by atoms with Gasteiger partial charge < -0.3 is 9.64 Å². The first-order valence-corrected chi connectivity index (χ1v) is 13.6. The minimum absolute atomic E-state index is 0.105. The lowest BCUT2D eigenvalue weighted by atomic mass is 10.0. The van der Waals surface area contributed by atoms with E-state index in [2.05, 4.69) is 29.2 Å². The number of nitrogens with zero attached hydrogens (tertiary/aromatic N) is 4. The highest BCUT2D eigenvalue weighted by Gasteiger charge is 2.35. The lowest BCUT2D eigenvalue weighted by molar-refractivity contribution is -0.131. The first-order chi connectivity index (χ1) is 19.1. The first-order valence-electron chi connectivity index (χ1n) is 13.6. The van der Waals surface area contributed by atoms with Crippen molar-refractivity contribution in [2.75, 3.05) is 13.7 Å². The van der Waals surface area contributed by atoms with Crippen molar-refractivity contribution in [2.24, 2.45) is 0 Å². The summed E-state index contributed by atoms with van der Waals surface area (Å²) in [6.07, 6.45) is 3.19. The van der Waals surface area contributed by atoms with Crippen LogP contribution < -0.4 is 4.74 Å². The number of benzene rings is 3. The van der Waals surface area contributed by atoms with Crippen LogP contribution in [0.2, 0.25) is 0 Å². The molecule has 0 atom stereocenters. The Hall–Kier alpha value is -3.97. The van der Waals surface area contributed by atoms with Gasteiger partial charge in [0.05, 0.1) is 37.2 Å². The average molecular weight is 525 g/mol. The second-order valence-electron chi connectivity index (χ2n) is 10.5. The fraction of sp³-hybridized carbons (Fsp3) is 0.312. The summed E-state index contributed by atoms with van der Waals surface area (Å²) in [7, 11) is 1.64. The molecule has 200 valence electrons. The molecule has 7 heteroatoms. The molecular weight excluding hydrogens is 491 g/mol. The Kier molecular flexibility index (Phi) is 7.16. The average Bonchev–Trinajstić information content (AvgIpc) is 3.74. The Morgan fingerprint density at radius 1 is 1.03 bits per heavy atom. The van der Waals surface area contributed by atoms with Crippen molar-refractivity contribution < 1.29 is 13.9 Å². The van der Waals surface area contributed by atoms with Crippen LogP contribution >= 0.6 is 0 Å². The molecule has 3 aromatic carbocycles. The maximum Gasteiger partial charge on any atom is 0.227 e. The fourth-order valence-corrected chi connectivity index (χ4v) is 5.45. The molecule has 1 fully saturated rings. The number of fused-ring (bicyclic) bond motifs is 1. The molecule has 2 aliphatic rings. The number of carbonyl (C=O) groups excluding carboxylic acids is 1. The lowest BCUT2D eigenvalue weighted by Crippen LogP contribution is -2.35. The summed E-state index contributed by atoms with van der Waals surface area (Å²) in [4.78, 5) is 18.0. The second kappa shape index (κ2) is 11.0. The van der Waals surface area contributed by atoms with Gasteiger partial charge in [0.2, 0.25) is 5.91 Å². The largest absolute Gasteiger partial charge is 0.497 e. The van der Waals surface area contributed by atoms with Gasteiger partial charge in [-0.25, -0.2) is 9.07 Å². The van der Waals surface area contributed by atoms with Crippen LogP contribution in [0.4, 0.5) is 4.39 Å². The minimum Gasteiger partial charge on any atom is -0.497 e. The number of hydrogen-bond donors (Lipinski definition) is 0. The van der Waals surface area contributed by atoms with E-state index < -0.39 is 0 Å². The predicted molar refractivity (Wildman–Crippen MR) is 148 cm³/mol. The van der Waals surface area contributed by atoms with Gasteiger partial charge in [0.15, 0.2) is 0 Å². The van der Waals surface area contributed by atoms with Crippen molar-refractivity contribution in [1.29, 1.82) is 0 Å². The van der Waals surface area contributed by atoms with E-state index in [9.17, 15) is 9.18 Å². The number of carbonyl (C=O) groups is 1. The van der Waals surface area contributed by atoms with Crippen molar-refractivity contribution in [2.45, 2.75) is 51.4 Å². The zero-order chi connectivity index (χ0) is 26.8. The van der Waals surface area contributed by atoms with Gasteiger partial charge in [-0.05, 0) is 54.3 Å². The van der Waals surface area contributed by atoms with Gasteiger partial charge in [-0.15, -0.1) is 0 Å². The maximum absolute atomic E-state index is 14.2. The molecule has 0 N–H and O–H groups in total. The van der Waals surface area contributed by atoms with Gasteiger partial charge in [0.25, 0.3) is 0 Å². The monoisotopic (exact) mass is 524 g/mol. The third kappa shape index (κ3) is 5.73. The van der Waals surface area contributed by atoms with Crippen LogP contribution in [-0.4, -0.2) is 45.2 Å². The zero-order valence-electron chi connectivity index (χ0n) is 22.2. The molecule has 0 spiro atoms. The Bertz CT molecular complexity index is 1450. The molecule has 1 aliphatic heterocycles. The van der Waals surface area contributed by atoms with Crippen LogP contribution in [-0.2, 0) is 37.3 Å². The van der Waals surface area contributed by atoms with E-state index in [4.69, 9.17) is 9.84 Å². The number of amides is 1. The second-order valence-corrected chi connectivity index (χ2v) is 10.5. The number of methoxy groups -OCH3 is 1. The summed E-state index contributed by atoms with van der Waals surface area (Å²) < 4.78 is 21.3. The molecule has 1 aromatic heterocycles. The minimum atomic E-state index is -0.283. The Morgan fingerprint density at radius 2 is 1.82 bits per heavy atom. The van der Waals surface area contributed by atoms with Crippen molar-refractivity contribution in [3.63, 3.8) is 0 Å². The highest BCUT2D eigenvalue weighted by atomic mass is 19.1. The van der Waals surface area contributed by atoms with E-state index in [-0.39, 0.29) is 17.8 Å². The smallest absolute Gasteiger partial charge is 0.227 e.